The molecule has 102 valence electrons. The molecule has 18 heavy (non-hydrogen) atoms. The van der Waals surface area contributed by atoms with E-state index < -0.39 is 0 Å². The van der Waals surface area contributed by atoms with E-state index in [0.29, 0.717) is 6.04 Å². The van der Waals surface area contributed by atoms with Gasteiger partial charge in [-0.3, -0.25) is 9.59 Å². The van der Waals surface area contributed by atoms with E-state index in [1.807, 2.05) is 0 Å². The number of nitrogens with one attached hydrogen (secondary N) is 1. The molecule has 4 heteroatoms. The number of hydrogen-bond donors (Lipinski definition) is 1. The van der Waals surface area contributed by atoms with Crippen molar-refractivity contribution in [1.29, 1.82) is 0 Å². The standard InChI is InChI=1S/C14H23NO3/c1-9-3-5-10(6-4-9)15-13(16)11-7-8-12(11)14(17)18-2/h9-12H,3-8H2,1-2H3,(H,15,16)/t9?,10?,11-,12-/m1/s1. The monoisotopic (exact) mass is 253 g/mol. The van der Waals surface area contributed by atoms with E-state index in [1.54, 1.807) is 0 Å². The molecule has 2 atom stereocenters. The van der Waals surface area contributed by atoms with Gasteiger partial charge in [0, 0.05) is 6.04 Å². The Morgan fingerprint density at radius 1 is 1.00 bits per heavy atom. The fraction of sp³-hybridized carbons (Fsp3) is 0.857. The fourth-order valence-corrected chi connectivity index (χ4v) is 2.96. The van der Waals surface area contributed by atoms with E-state index in [9.17, 15) is 9.59 Å². The van der Waals surface area contributed by atoms with Crippen molar-refractivity contribution in [2.75, 3.05) is 7.11 Å². The molecule has 0 spiro atoms. The average Bonchev–Trinajstić information content (AvgIpc) is 2.30. The summed E-state index contributed by atoms with van der Waals surface area (Å²) in [6.45, 7) is 2.26. The highest BCUT2D eigenvalue weighted by Crippen LogP contribution is 2.35. The third kappa shape index (κ3) is 2.85. The van der Waals surface area contributed by atoms with Crippen molar-refractivity contribution >= 4 is 11.9 Å². The molecule has 2 fully saturated rings. The van der Waals surface area contributed by atoms with Gasteiger partial charge < -0.3 is 10.1 Å². The third-order valence-electron chi connectivity index (χ3n) is 4.48. The Balaban J connectivity index is 1.80. The molecule has 2 aliphatic carbocycles. The molecule has 0 aromatic carbocycles. The lowest BCUT2D eigenvalue weighted by atomic mass is 9.73. The smallest absolute Gasteiger partial charge is 0.309 e. The van der Waals surface area contributed by atoms with Gasteiger partial charge >= 0.3 is 5.97 Å². The highest BCUT2D eigenvalue weighted by atomic mass is 16.5. The zero-order chi connectivity index (χ0) is 13.1. The molecule has 0 unspecified atom stereocenters. The first kappa shape index (κ1) is 13.4. The van der Waals surface area contributed by atoms with Gasteiger partial charge in [0.1, 0.15) is 0 Å². The van der Waals surface area contributed by atoms with Gasteiger partial charge in [0.2, 0.25) is 5.91 Å². The molecular formula is C14H23NO3. The summed E-state index contributed by atoms with van der Waals surface area (Å²) in [5, 5.41) is 3.10. The van der Waals surface area contributed by atoms with E-state index >= 15 is 0 Å². The van der Waals surface area contributed by atoms with E-state index in [2.05, 4.69) is 12.2 Å². The summed E-state index contributed by atoms with van der Waals surface area (Å²) in [5.41, 5.74) is 0. The minimum atomic E-state index is -0.237. The Labute approximate surface area is 108 Å². The van der Waals surface area contributed by atoms with E-state index in [1.165, 1.54) is 20.0 Å². The van der Waals surface area contributed by atoms with Crippen LogP contribution in [0.3, 0.4) is 0 Å². The van der Waals surface area contributed by atoms with Gasteiger partial charge in [-0.15, -0.1) is 0 Å². The molecule has 2 aliphatic rings. The van der Waals surface area contributed by atoms with Crippen LogP contribution >= 0.6 is 0 Å². The van der Waals surface area contributed by atoms with Crippen LogP contribution in [0.1, 0.15) is 45.4 Å². The second-order valence-electron chi connectivity index (χ2n) is 5.78. The van der Waals surface area contributed by atoms with Gasteiger partial charge in [-0.05, 0) is 44.4 Å². The van der Waals surface area contributed by atoms with Crippen molar-refractivity contribution < 1.29 is 14.3 Å². The predicted octanol–water partition coefficient (Wildman–Crippen LogP) is 1.88. The van der Waals surface area contributed by atoms with Gasteiger partial charge in [0.05, 0.1) is 18.9 Å². The highest BCUT2D eigenvalue weighted by molar-refractivity contribution is 5.87. The van der Waals surface area contributed by atoms with Crippen LogP contribution in [0, 0.1) is 17.8 Å². The zero-order valence-electron chi connectivity index (χ0n) is 11.3. The number of rotatable bonds is 3. The molecule has 0 aliphatic heterocycles. The van der Waals surface area contributed by atoms with Gasteiger partial charge in [-0.2, -0.15) is 0 Å². The Morgan fingerprint density at radius 3 is 2.11 bits per heavy atom. The summed E-state index contributed by atoms with van der Waals surface area (Å²) in [6, 6.07) is 0.313. The SMILES string of the molecule is COC(=O)[C@@H]1CC[C@H]1C(=O)NC1CCC(C)CC1. The largest absolute Gasteiger partial charge is 0.469 e. The van der Waals surface area contributed by atoms with Crippen molar-refractivity contribution in [3.8, 4) is 0 Å². The maximum absolute atomic E-state index is 12.1. The van der Waals surface area contributed by atoms with Crippen LogP contribution < -0.4 is 5.32 Å². The molecule has 1 amide bonds. The van der Waals surface area contributed by atoms with E-state index in [4.69, 9.17) is 4.74 Å². The van der Waals surface area contributed by atoms with Crippen LogP contribution in [-0.4, -0.2) is 25.0 Å². The Morgan fingerprint density at radius 2 is 1.61 bits per heavy atom. The molecule has 2 rings (SSSR count). The molecule has 0 radical (unpaired) electrons. The molecule has 0 bridgehead atoms. The van der Waals surface area contributed by atoms with Gasteiger partial charge in [-0.1, -0.05) is 6.92 Å². The van der Waals surface area contributed by atoms with Crippen molar-refractivity contribution in [3.63, 3.8) is 0 Å². The number of esters is 1. The summed E-state index contributed by atoms with van der Waals surface area (Å²) in [5.74, 6) is 0.230. The Hall–Kier alpha value is -1.06. The molecule has 0 aromatic rings. The lowest BCUT2D eigenvalue weighted by Crippen LogP contribution is -2.48. The molecular weight excluding hydrogens is 230 g/mol. The van der Waals surface area contributed by atoms with Crippen LogP contribution in [0.25, 0.3) is 0 Å². The molecule has 2 saturated carbocycles. The van der Waals surface area contributed by atoms with E-state index in [0.717, 1.165) is 31.6 Å². The van der Waals surface area contributed by atoms with Crippen molar-refractivity contribution in [1.82, 2.24) is 5.32 Å². The number of hydrogen-bond acceptors (Lipinski definition) is 3. The number of methoxy groups -OCH3 is 1. The lowest BCUT2D eigenvalue weighted by molar-refractivity contribution is -0.156. The minimum absolute atomic E-state index is 0.0520. The van der Waals surface area contributed by atoms with Crippen LogP contribution in [0.4, 0.5) is 0 Å². The predicted molar refractivity (Wildman–Crippen MR) is 67.8 cm³/mol. The first-order valence-electron chi connectivity index (χ1n) is 7.00. The maximum atomic E-state index is 12.1. The summed E-state index contributed by atoms with van der Waals surface area (Å²) in [4.78, 5) is 23.5. The van der Waals surface area contributed by atoms with Crippen LogP contribution in [-0.2, 0) is 14.3 Å². The second-order valence-corrected chi connectivity index (χ2v) is 5.78. The molecule has 0 heterocycles. The topological polar surface area (TPSA) is 55.4 Å². The summed E-state index contributed by atoms with van der Waals surface area (Å²) in [6.07, 6.45) is 6.12. The van der Waals surface area contributed by atoms with Crippen molar-refractivity contribution in [2.24, 2.45) is 17.8 Å². The summed E-state index contributed by atoms with van der Waals surface area (Å²) >= 11 is 0. The molecule has 1 N–H and O–H groups in total. The first-order valence-corrected chi connectivity index (χ1v) is 7.00. The van der Waals surface area contributed by atoms with E-state index in [-0.39, 0.29) is 23.7 Å². The summed E-state index contributed by atoms with van der Waals surface area (Å²) in [7, 11) is 1.39. The zero-order valence-corrected chi connectivity index (χ0v) is 11.3. The van der Waals surface area contributed by atoms with Gasteiger partial charge in [-0.25, -0.2) is 0 Å². The Kier molecular flexibility index (Phi) is 4.25. The van der Waals surface area contributed by atoms with Crippen LogP contribution in [0.5, 0.6) is 0 Å². The third-order valence-corrected chi connectivity index (χ3v) is 4.48. The highest BCUT2D eigenvalue weighted by Gasteiger charge is 2.42. The number of ether oxygens (including phenoxy) is 1. The van der Waals surface area contributed by atoms with Crippen LogP contribution in [0.15, 0.2) is 0 Å². The quantitative estimate of drug-likeness (QED) is 0.781. The van der Waals surface area contributed by atoms with Gasteiger partial charge in [0.25, 0.3) is 0 Å². The average molecular weight is 253 g/mol. The van der Waals surface area contributed by atoms with Crippen molar-refractivity contribution in [2.45, 2.75) is 51.5 Å². The van der Waals surface area contributed by atoms with Gasteiger partial charge in [0.15, 0.2) is 0 Å². The lowest BCUT2D eigenvalue weighted by Gasteiger charge is -2.35. The second kappa shape index (κ2) is 5.72. The number of carbonyl (C=O) groups excluding carboxylic acids is 2. The minimum Gasteiger partial charge on any atom is -0.469 e. The number of carbonyl (C=O) groups is 2. The molecule has 4 nitrogen and oxygen atoms in total. The Bertz CT molecular complexity index is 321. The normalized spacial score (nSPS) is 35.4. The van der Waals surface area contributed by atoms with Crippen LogP contribution in [0.2, 0.25) is 0 Å². The molecule has 0 aromatic heterocycles. The maximum Gasteiger partial charge on any atom is 0.309 e. The summed E-state index contributed by atoms with van der Waals surface area (Å²) < 4.78 is 4.72. The van der Waals surface area contributed by atoms with Crippen molar-refractivity contribution in [3.05, 3.63) is 0 Å². The molecule has 0 saturated heterocycles. The number of amides is 1. The fourth-order valence-electron chi connectivity index (χ4n) is 2.96. The first-order chi connectivity index (χ1) is 8.61.